The van der Waals surface area contributed by atoms with Crippen molar-refractivity contribution in [2.24, 2.45) is 0 Å². The van der Waals surface area contributed by atoms with E-state index in [-0.39, 0.29) is 5.91 Å². The van der Waals surface area contributed by atoms with E-state index in [4.69, 9.17) is 0 Å². The van der Waals surface area contributed by atoms with Crippen LogP contribution in [0.15, 0.2) is 16.8 Å². The van der Waals surface area contributed by atoms with Gasteiger partial charge in [0.25, 0.3) is 5.91 Å². The topological polar surface area (TPSA) is 66.9 Å². The van der Waals surface area contributed by atoms with Crippen LogP contribution >= 0.6 is 22.7 Å². The van der Waals surface area contributed by atoms with E-state index in [0.29, 0.717) is 16.7 Å². The molecule has 0 radical (unpaired) electrons. The number of rotatable bonds is 7. The molecule has 0 saturated carbocycles. The van der Waals surface area contributed by atoms with Gasteiger partial charge in [0.15, 0.2) is 0 Å². The van der Waals surface area contributed by atoms with Crippen molar-refractivity contribution in [1.82, 2.24) is 15.5 Å². The van der Waals surface area contributed by atoms with Crippen LogP contribution in [0, 0.1) is 0 Å². The third kappa shape index (κ3) is 4.29. The van der Waals surface area contributed by atoms with E-state index in [2.05, 4.69) is 39.2 Å². The molecule has 2 aromatic rings. The molecule has 2 N–H and O–H groups in total. The van der Waals surface area contributed by atoms with Crippen LogP contribution in [0.2, 0.25) is 0 Å². The van der Waals surface area contributed by atoms with Gasteiger partial charge < -0.3 is 10.6 Å². The normalized spacial score (nSPS) is 10.4. The Bertz CT molecular complexity index is 510. The summed E-state index contributed by atoms with van der Waals surface area (Å²) in [6.07, 6.45) is 1.86. The first-order valence-electron chi connectivity index (χ1n) is 6.16. The van der Waals surface area contributed by atoms with Crippen molar-refractivity contribution in [3.05, 3.63) is 27.4 Å². The lowest BCUT2D eigenvalue weighted by Crippen LogP contribution is -2.25. The Morgan fingerprint density at radius 3 is 3.00 bits per heavy atom. The molecule has 0 aliphatic rings. The summed E-state index contributed by atoms with van der Waals surface area (Å²) >= 11 is 2.95. The van der Waals surface area contributed by atoms with Crippen LogP contribution in [-0.2, 0) is 6.42 Å². The first-order valence-corrected chi connectivity index (χ1v) is 7.92. The maximum atomic E-state index is 11.8. The van der Waals surface area contributed by atoms with E-state index in [1.54, 1.807) is 11.3 Å². The zero-order valence-electron chi connectivity index (χ0n) is 10.7. The number of anilines is 1. The Hall–Kier alpha value is -1.47. The van der Waals surface area contributed by atoms with Gasteiger partial charge in [-0.2, -0.15) is 11.3 Å². The lowest BCUT2D eigenvalue weighted by molar-refractivity contribution is 0.0953. The minimum absolute atomic E-state index is 0.155. The van der Waals surface area contributed by atoms with E-state index in [0.717, 1.165) is 19.4 Å². The molecular weight excluding hydrogens is 280 g/mol. The van der Waals surface area contributed by atoms with Crippen molar-refractivity contribution >= 4 is 33.7 Å². The number of hydrogen-bond acceptors (Lipinski definition) is 6. The number of thiophene rings is 1. The highest BCUT2D eigenvalue weighted by Gasteiger charge is 2.11. The number of nitrogens with one attached hydrogen (secondary N) is 2. The molecule has 2 heterocycles. The number of aromatic nitrogens is 2. The second-order valence-electron chi connectivity index (χ2n) is 3.98. The summed E-state index contributed by atoms with van der Waals surface area (Å²) in [6.45, 7) is 3.54. The summed E-state index contributed by atoms with van der Waals surface area (Å²) in [6, 6.07) is 2.06. The number of carbonyl (C=O) groups is 1. The predicted molar refractivity (Wildman–Crippen MR) is 79.0 cm³/mol. The molecule has 102 valence electrons. The zero-order valence-corrected chi connectivity index (χ0v) is 12.3. The molecule has 7 heteroatoms. The minimum atomic E-state index is -0.155. The fourth-order valence-corrected chi connectivity index (χ4v) is 2.84. The van der Waals surface area contributed by atoms with Crippen molar-refractivity contribution in [3.8, 4) is 0 Å². The predicted octanol–water partition coefficient (Wildman–Crippen LogP) is 2.39. The highest BCUT2D eigenvalue weighted by molar-refractivity contribution is 7.17. The molecule has 19 heavy (non-hydrogen) atoms. The summed E-state index contributed by atoms with van der Waals surface area (Å²) < 4.78 is 0. The fraction of sp³-hybridized carbons (Fsp3) is 0.417. The van der Waals surface area contributed by atoms with Crippen molar-refractivity contribution < 1.29 is 4.79 Å². The van der Waals surface area contributed by atoms with Gasteiger partial charge in [0, 0.05) is 13.1 Å². The maximum Gasteiger partial charge on any atom is 0.282 e. The average Bonchev–Trinajstić information content (AvgIpc) is 3.07. The Labute approximate surface area is 120 Å². The largest absolute Gasteiger partial charge is 0.360 e. The van der Waals surface area contributed by atoms with Gasteiger partial charge in [-0.1, -0.05) is 18.3 Å². The van der Waals surface area contributed by atoms with Crippen molar-refractivity contribution in [2.75, 3.05) is 18.4 Å². The quantitative estimate of drug-likeness (QED) is 0.823. The van der Waals surface area contributed by atoms with E-state index in [9.17, 15) is 4.79 Å². The van der Waals surface area contributed by atoms with Crippen LogP contribution in [0.3, 0.4) is 0 Å². The van der Waals surface area contributed by atoms with E-state index in [1.165, 1.54) is 16.9 Å². The third-order valence-corrected chi connectivity index (χ3v) is 4.04. The lowest BCUT2D eigenvalue weighted by Gasteiger charge is -2.00. The molecular formula is C12H16N4OS2. The minimum Gasteiger partial charge on any atom is -0.360 e. The second-order valence-corrected chi connectivity index (χ2v) is 5.73. The average molecular weight is 296 g/mol. The van der Waals surface area contributed by atoms with Gasteiger partial charge in [-0.3, -0.25) is 4.79 Å². The highest BCUT2D eigenvalue weighted by Crippen LogP contribution is 2.14. The molecule has 5 nitrogen and oxygen atoms in total. The smallest absolute Gasteiger partial charge is 0.282 e. The van der Waals surface area contributed by atoms with Gasteiger partial charge in [-0.25, -0.2) is 0 Å². The van der Waals surface area contributed by atoms with Crippen molar-refractivity contribution in [1.29, 1.82) is 0 Å². The van der Waals surface area contributed by atoms with Crippen LogP contribution in [0.25, 0.3) is 0 Å². The molecule has 2 rings (SSSR count). The number of hydrogen-bond donors (Lipinski definition) is 2. The molecule has 0 bridgehead atoms. The van der Waals surface area contributed by atoms with Gasteiger partial charge in [0.1, 0.15) is 0 Å². The molecule has 0 fully saturated rings. The SMILES string of the molecule is CCCNc1nnc(C(=O)NCCc2ccsc2)s1. The molecule has 0 aliphatic heterocycles. The lowest BCUT2D eigenvalue weighted by atomic mass is 10.2. The van der Waals surface area contributed by atoms with Crippen LogP contribution < -0.4 is 10.6 Å². The summed E-state index contributed by atoms with van der Waals surface area (Å²) in [5, 5.41) is 19.0. The van der Waals surface area contributed by atoms with Crippen LogP contribution in [0.1, 0.15) is 28.7 Å². The van der Waals surface area contributed by atoms with E-state index in [1.807, 2.05) is 5.38 Å². The number of carbonyl (C=O) groups excluding carboxylic acids is 1. The van der Waals surface area contributed by atoms with Crippen LogP contribution in [-0.4, -0.2) is 29.2 Å². The van der Waals surface area contributed by atoms with Crippen molar-refractivity contribution in [3.63, 3.8) is 0 Å². The molecule has 0 saturated heterocycles. The molecule has 2 aromatic heterocycles. The molecule has 0 unspecified atom stereocenters. The van der Waals surface area contributed by atoms with Gasteiger partial charge in [0.2, 0.25) is 10.1 Å². The van der Waals surface area contributed by atoms with Crippen LogP contribution in [0.5, 0.6) is 0 Å². The van der Waals surface area contributed by atoms with Crippen LogP contribution in [0.4, 0.5) is 5.13 Å². The number of nitrogens with zero attached hydrogens (tertiary/aromatic N) is 2. The van der Waals surface area contributed by atoms with Crippen molar-refractivity contribution in [2.45, 2.75) is 19.8 Å². The Morgan fingerprint density at radius 1 is 1.37 bits per heavy atom. The molecule has 0 spiro atoms. The molecule has 0 aliphatic carbocycles. The molecule has 0 aromatic carbocycles. The second kappa shape index (κ2) is 7.20. The Morgan fingerprint density at radius 2 is 2.26 bits per heavy atom. The van der Waals surface area contributed by atoms with E-state index < -0.39 is 0 Å². The molecule has 1 amide bonds. The Balaban J connectivity index is 1.77. The van der Waals surface area contributed by atoms with E-state index >= 15 is 0 Å². The number of amides is 1. The van der Waals surface area contributed by atoms with Gasteiger partial charge in [0.05, 0.1) is 0 Å². The van der Waals surface area contributed by atoms with Gasteiger partial charge >= 0.3 is 0 Å². The first-order chi connectivity index (χ1) is 9.29. The standard InChI is InChI=1S/C12H16N4OS2/c1-2-5-14-12-16-15-11(19-12)10(17)13-6-3-9-4-7-18-8-9/h4,7-8H,2-3,5-6H2,1H3,(H,13,17)(H,14,16). The zero-order chi connectivity index (χ0) is 13.5. The fourth-order valence-electron chi connectivity index (χ4n) is 1.45. The van der Waals surface area contributed by atoms with Gasteiger partial charge in [-0.15, -0.1) is 10.2 Å². The monoisotopic (exact) mass is 296 g/mol. The highest BCUT2D eigenvalue weighted by atomic mass is 32.1. The summed E-state index contributed by atoms with van der Waals surface area (Å²) in [7, 11) is 0. The Kier molecular flexibility index (Phi) is 5.29. The summed E-state index contributed by atoms with van der Waals surface area (Å²) in [5.74, 6) is -0.155. The summed E-state index contributed by atoms with van der Waals surface area (Å²) in [5.41, 5.74) is 1.24. The maximum absolute atomic E-state index is 11.8. The molecule has 0 atom stereocenters. The van der Waals surface area contributed by atoms with Gasteiger partial charge in [-0.05, 0) is 35.2 Å². The summed E-state index contributed by atoms with van der Waals surface area (Å²) in [4.78, 5) is 11.8. The first kappa shape index (κ1) is 14.0. The third-order valence-electron chi connectivity index (χ3n) is 2.42.